The number of rotatable bonds is 6. The molecule has 0 saturated carbocycles. The van der Waals surface area contributed by atoms with Crippen molar-refractivity contribution in [2.45, 2.75) is 51.3 Å². The summed E-state index contributed by atoms with van der Waals surface area (Å²) in [6.45, 7) is 10.4. The zero-order valence-corrected chi connectivity index (χ0v) is 23.2. The minimum absolute atomic E-state index is 0.0897. The van der Waals surface area contributed by atoms with Crippen molar-refractivity contribution in [3.63, 3.8) is 0 Å². The molecule has 0 spiro atoms. The van der Waals surface area contributed by atoms with E-state index < -0.39 is 10.0 Å². The lowest BCUT2D eigenvalue weighted by Crippen LogP contribution is -2.34. The van der Waals surface area contributed by atoms with Gasteiger partial charge in [0.2, 0.25) is 0 Å². The van der Waals surface area contributed by atoms with E-state index in [0.29, 0.717) is 46.4 Å². The van der Waals surface area contributed by atoms with Gasteiger partial charge in [-0.15, -0.1) is 0 Å². The number of anilines is 2. The fourth-order valence-corrected chi connectivity index (χ4v) is 7.12. The Hall–Kier alpha value is -3.71. The first-order chi connectivity index (χ1) is 18.0. The van der Waals surface area contributed by atoms with E-state index in [1.807, 2.05) is 52.8 Å². The van der Waals surface area contributed by atoms with Crippen molar-refractivity contribution >= 4 is 43.9 Å². The molecule has 0 aromatic heterocycles. The van der Waals surface area contributed by atoms with Crippen LogP contribution in [0.4, 0.5) is 11.4 Å². The monoisotopic (exact) mass is 528 g/mol. The SMILES string of the molecule is CCC1C=CC(N(c2ccccc2C(C)(C)C)S(=O)(=O)c2ccc3c4c(cccc24)C(=O)N3CC)=CC1=O. The lowest BCUT2D eigenvalue weighted by molar-refractivity contribution is -0.117. The summed E-state index contributed by atoms with van der Waals surface area (Å²) in [5.41, 5.74) is 2.47. The van der Waals surface area contributed by atoms with E-state index in [4.69, 9.17) is 0 Å². The predicted octanol–water partition coefficient (Wildman–Crippen LogP) is 6.36. The van der Waals surface area contributed by atoms with Gasteiger partial charge in [0.05, 0.1) is 22.0 Å². The summed E-state index contributed by atoms with van der Waals surface area (Å²) >= 11 is 0. The third kappa shape index (κ3) is 3.97. The van der Waals surface area contributed by atoms with Crippen LogP contribution in [0.3, 0.4) is 0 Å². The third-order valence-electron chi connectivity index (χ3n) is 7.34. The second kappa shape index (κ2) is 9.24. The Morgan fingerprint density at radius 2 is 1.68 bits per heavy atom. The largest absolute Gasteiger partial charge is 0.308 e. The molecule has 3 aromatic rings. The van der Waals surface area contributed by atoms with E-state index >= 15 is 0 Å². The van der Waals surface area contributed by atoms with Gasteiger partial charge in [-0.1, -0.05) is 64.1 Å². The van der Waals surface area contributed by atoms with Gasteiger partial charge in [0.1, 0.15) is 0 Å². The van der Waals surface area contributed by atoms with Crippen LogP contribution in [0.15, 0.2) is 83.4 Å². The Labute approximate surface area is 224 Å². The maximum atomic E-state index is 14.7. The molecule has 0 bridgehead atoms. The van der Waals surface area contributed by atoms with E-state index in [-0.39, 0.29) is 27.9 Å². The molecular weight excluding hydrogens is 496 g/mol. The molecule has 0 radical (unpaired) electrons. The van der Waals surface area contributed by atoms with Gasteiger partial charge in [-0.25, -0.2) is 12.7 Å². The molecule has 1 aliphatic carbocycles. The number of hydrogen-bond donors (Lipinski definition) is 0. The third-order valence-corrected chi connectivity index (χ3v) is 9.14. The average Bonchev–Trinajstić information content (AvgIpc) is 3.16. The van der Waals surface area contributed by atoms with Gasteiger partial charge >= 0.3 is 0 Å². The van der Waals surface area contributed by atoms with Gasteiger partial charge in [-0.3, -0.25) is 9.59 Å². The first kappa shape index (κ1) is 25.9. The van der Waals surface area contributed by atoms with Crippen molar-refractivity contribution in [3.8, 4) is 0 Å². The number of hydrogen-bond acceptors (Lipinski definition) is 4. The van der Waals surface area contributed by atoms with Crippen LogP contribution in [-0.2, 0) is 20.2 Å². The highest BCUT2D eigenvalue weighted by Crippen LogP contribution is 2.43. The maximum absolute atomic E-state index is 14.7. The van der Waals surface area contributed by atoms with E-state index in [2.05, 4.69) is 0 Å². The van der Waals surface area contributed by atoms with Gasteiger partial charge in [-0.05, 0) is 54.7 Å². The molecule has 6 nitrogen and oxygen atoms in total. The van der Waals surface area contributed by atoms with Crippen LogP contribution in [0.25, 0.3) is 10.8 Å². The number of ketones is 1. The fourth-order valence-electron chi connectivity index (χ4n) is 5.42. The second-order valence-corrected chi connectivity index (χ2v) is 12.5. The Balaban J connectivity index is 1.79. The van der Waals surface area contributed by atoms with Crippen molar-refractivity contribution in [2.75, 3.05) is 15.7 Å². The minimum atomic E-state index is -4.23. The van der Waals surface area contributed by atoms with E-state index in [0.717, 1.165) is 5.56 Å². The number of carbonyl (C=O) groups excluding carboxylic acids is 2. The highest BCUT2D eigenvalue weighted by Gasteiger charge is 2.37. The summed E-state index contributed by atoms with van der Waals surface area (Å²) in [7, 11) is -4.23. The molecule has 1 amide bonds. The molecule has 3 aromatic carbocycles. The molecule has 1 aliphatic heterocycles. The van der Waals surface area contributed by atoms with E-state index in [1.165, 1.54) is 10.4 Å². The maximum Gasteiger partial charge on any atom is 0.269 e. The smallest absolute Gasteiger partial charge is 0.269 e. The Morgan fingerprint density at radius 1 is 0.947 bits per heavy atom. The molecule has 196 valence electrons. The lowest BCUT2D eigenvalue weighted by atomic mass is 9.85. The molecule has 5 rings (SSSR count). The first-order valence-electron chi connectivity index (χ1n) is 13.0. The molecule has 1 unspecified atom stereocenters. The summed E-state index contributed by atoms with van der Waals surface area (Å²) in [5.74, 6) is -0.529. The zero-order chi connectivity index (χ0) is 27.4. The van der Waals surface area contributed by atoms with Crippen LogP contribution in [0, 0.1) is 5.92 Å². The van der Waals surface area contributed by atoms with Crippen molar-refractivity contribution in [1.82, 2.24) is 0 Å². The number of carbonyl (C=O) groups is 2. The molecule has 0 N–H and O–H groups in total. The molecule has 2 aliphatic rings. The normalized spacial score (nSPS) is 17.3. The van der Waals surface area contributed by atoms with Crippen LogP contribution < -0.4 is 9.21 Å². The molecule has 0 fully saturated rings. The Morgan fingerprint density at radius 3 is 2.34 bits per heavy atom. The highest BCUT2D eigenvalue weighted by molar-refractivity contribution is 7.93. The van der Waals surface area contributed by atoms with Crippen LogP contribution >= 0.6 is 0 Å². The summed E-state index contributed by atoms with van der Waals surface area (Å²) in [6, 6.07) is 15.9. The lowest BCUT2D eigenvalue weighted by Gasteiger charge is -2.33. The number of para-hydroxylation sites is 1. The van der Waals surface area contributed by atoms with Crippen molar-refractivity contribution in [3.05, 3.63) is 89.6 Å². The van der Waals surface area contributed by atoms with Crippen LogP contribution in [0.2, 0.25) is 0 Å². The molecular formula is C31H32N2O4S. The molecule has 7 heteroatoms. The minimum Gasteiger partial charge on any atom is -0.308 e. The zero-order valence-electron chi connectivity index (χ0n) is 22.4. The Kier molecular flexibility index (Phi) is 6.30. The van der Waals surface area contributed by atoms with Gasteiger partial charge < -0.3 is 4.90 Å². The van der Waals surface area contributed by atoms with E-state index in [9.17, 15) is 18.0 Å². The number of amides is 1. The molecule has 0 saturated heterocycles. The van der Waals surface area contributed by atoms with Crippen LogP contribution in [0.1, 0.15) is 57.0 Å². The van der Waals surface area contributed by atoms with Gasteiger partial charge in [0, 0.05) is 34.9 Å². The summed E-state index contributed by atoms with van der Waals surface area (Å²) in [6.07, 6.45) is 5.59. The second-order valence-electron chi connectivity index (χ2n) is 10.7. The quantitative estimate of drug-likeness (QED) is 0.373. The molecule has 1 atom stereocenters. The summed E-state index contributed by atoms with van der Waals surface area (Å²) < 4.78 is 30.7. The fraction of sp³-hybridized carbons (Fsp3) is 0.290. The highest BCUT2D eigenvalue weighted by atomic mass is 32.2. The number of allylic oxidation sites excluding steroid dienone is 3. The number of benzene rings is 3. The van der Waals surface area contributed by atoms with Gasteiger partial charge in [0.15, 0.2) is 5.78 Å². The average molecular weight is 529 g/mol. The van der Waals surface area contributed by atoms with E-state index in [1.54, 1.807) is 53.5 Å². The van der Waals surface area contributed by atoms with Crippen molar-refractivity contribution < 1.29 is 18.0 Å². The number of nitrogens with zero attached hydrogens (tertiary/aromatic N) is 2. The summed E-state index contributed by atoms with van der Waals surface area (Å²) in [5, 5.41) is 1.13. The Bertz CT molecular complexity index is 1640. The van der Waals surface area contributed by atoms with Crippen LogP contribution in [-0.4, -0.2) is 26.7 Å². The first-order valence-corrected chi connectivity index (χ1v) is 14.4. The van der Waals surface area contributed by atoms with Crippen molar-refractivity contribution in [1.29, 1.82) is 0 Å². The van der Waals surface area contributed by atoms with Gasteiger partial charge in [0.25, 0.3) is 15.9 Å². The topological polar surface area (TPSA) is 74.8 Å². The molecule has 38 heavy (non-hydrogen) atoms. The summed E-state index contributed by atoms with van der Waals surface area (Å²) in [4.78, 5) is 27.7. The van der Waals surface area contributed by atoms with Crippen molar-refractivity contribution in [2.24, 2.45) is 5.92 Å². The van der Waals surface area contributed by atoms with Crippen LogP contribution in [0.5, 0.6) is 0 Å². The molecule has 1 heterocycles. The standard InChI is InChI=1S/C31H32N2O4S/c1-6-20-15-16-21(19-27(20)34)33(25-14-9-8-13-24(25)31(3,4)5)38(36,37)28-18-17-26-29-22(28)11-10-12-23(29)30(35)32(26)7-2/h8-20H,6-7H2,1-5H3. The van der Waals surface area contributed by atoms with Gasteiger partial charge in [-0.2, -0.15) is 0 Å². The predicted molar refractivity (Wildman–Crippen MR) is 152 cm³/mol. The number of sulfonamides is 1.